The van der Waals surface area contributed by atoms with Gasteiger partial charge in [-0.15, -0.1) is 0 Å². The normalized spacial score (nSPS) is 12.7. The van der Waals surface area contributed by atoms with Gasteiger partial charge in [0.05, 0.1) is 12.6 Å². The van der Waals surface area contributed by atoms with Crippen molar-refractivity contribution in [3.63, 3.8) is 0 Å². The van der Waals surface area contributed by atoms with Gasteiger partial charge in [-0.3, -0.25) is 0 Å². The van der Waals surface area contributed by atoms with Gasteiger partial charge in [-0.1, -0.05) is 12.1 Å². The third-order valence-corrected chi connectivity index (χ3v) is 2.52. The van der Waals surface area contributed by atoms with Crippen molar-refractivity contribution in [1.82, 2.24) is 5.32 Å². The molecule has 0 bridgehead atoms. The largest absolute Gasteiger partial charge is 0.494 e. The molecule has 3 N–H and O–H groups in total. The summed E-state index contributed by atoms with van der Waals surface area (Å²) in [5.41, 5.74) is 6.10. The van der Waals surface area contributed by atoms with E-state index in [9.17, 15) is 4.79 Å². The number of amides is 1. The van der Waals surface area contributed by atoms with Crippen LogP contribution in [0.25, 0.3) is 0 Å². The SMILES string of the molecule is CCOc1ccc(C(CN)NC(=O)OC(C)(C)C)cc1. The first-order chi connectivity index (χ1) is 9.35. The number of carbonyl (C=O) groups excluding carboxylic acids is 1. The van der Waals surface area contributed by atoms with E-state index >= 15 is 0 Å². The number of nitrogens with two attached hydrogens (primary N) is 1. The van der Waals surface area contributed by atoms with Gasteiger partial charge in [0.2, 0.25) is 0 Å². The highest BCUT2D eigenvalue weighted by Gasteiger charge is 2.19. The number of benzene rings is 1. The van der Waals surface area contributed by atoms with Crippen LogP contribution in [0.3, 0.4) is 0 Å². The lowest BCUT2D eigenvalue weighted by atomic mass is 10.1. The number of ether oxygens (including phenoxy) is 2. The van der Waals surface area contributed by atoms with Crippen molar-refractivity contribution in [2.75, 3.05) is 13.2 Å². The maximum absolute atomic E-state index is 11.8. The van der Waals surface area contributed by atoms with E-state index in [-0.39, 0.29) is 6.04 Å². The molecule has 0 aliphatic rings. The number of hydrogen-bond donors (Lipinski definition) is 2. The van der Waals surface area contributed by atoms with Crippen LogP contribution in [0.4, 0.5) is 4.79 Å². The Morgan fingerprint density at radius 3 is 2.35 bits per heavy atom. The van der Waals surface area contributed by atoms with Crippen molar-refractivity contribution in [3.8, 4) is 5.75 Å². The van der Waals surface area contributed by atoms with Gasteiger partial charge >= 0.3 is 6.09 Å². The Labute approximate surface area is 120 Å². The summed E-state index contributed by atoms with van der Waals surface area (Å²) < 4.78 is 10.6. The van der Waals surface area contributed by atoms with Crippen LogP contribution in [-0.2, 0) is 4.74 Å². The van der Waals surface area contributed by atoms with Crippen molar-refractivity contribution >= 4 is 6.09 Å². The number of alkyl carbamates (subject to hydrolysis) is 1. The lowest BCUT2D eigenvalue weighted by Crippen LogP contribution is -2.37. The van der Waals surface area contributed by atoms with E-state index in [1.165, 1.54) is 0 Å². The van der Waals surface area contributed by atoms with Crippen molar-refractivity contribution in [2.24, 2.45) is 5.73 Å². The molecule has 1 unspecified atom stereocenters. The predicted molar refractivity (Wildman–Crippen MR) is 78.8 cm³/mol. The summed E-state index contributed by atoms with van der Waals surface area (Å²) in [6, 6.07) is 7.22. The van der Waals surface area contributed by atoms with E-state index in [0.717, 1.165) is 11.3 Å². The van der Waals surface area contributed by atoms with Gasteiger partial charge in [0.15, 0.2) is 0 Å². The number of hydrogen-bond acceptors (Lipinski definition) is 4. The zero-order chi connectivity index (χ0) is 15.2. The molecule has 0 aromatic heterocycles. The van der Waals surface area contributed by atoms with Crippen LogP contribution in [0.15, 0.2) is 24.3 Å². The molecule has 112 valence electrons. The van der Waals surface area contributed by atoms with Crippen LogP contribution in [0.2, 0.25) is 0 Å². The Morgan fingerprint density at radius 2 is 1.90 bits per heavy atom. The number of carbonyl (C=O) groups is 1. The predicted octanol–water partition coefficient (Wildman–Crippen LogP) is 2.61. The molecule has 1 atom stereocenters. The molecule has 1 rings (SSSR count). The zero-order valence-electron chi connectivity index (χ0n) is 12.6. The smallest absolute Gasteiger partial charge is 0.408 e. The van der Waals surface area contributed by atoms with Gasteiger partial charge in [0.25, 0.3) is 0 Å². The Hall–Kier alpha value is -1.75. The van der Waals surface area contributed by atoms with E-state index in [0.29, 0.717) is 13.2 Å². The highest BCUT2D eigenvalue weighted by molar-refractivity contribution is 5.68. The quantitative estimate of drug-likeness (QED) is 0.869. The summed E-state index contributed by atoms with van der Waals surface area (Å²) in [7, 11) is 0. The molecule has 5 heteroatoms. The molecule has 1 amide bonds. The van der Waals surface area contributed by atoms with Crippen LogP contribution < -0.4 is 15.8 Å². The lowest BCUT2D eigenvalue weighted by molar-refractivity contribution is 0.0505. The molecule has 1 aromatic carbocycles. The maximum atomic E-state index is 11.8. The minimum absolute atomic E-state index is 0.277. The van der Waals surface area contributed by atoms with E-state index < -0.39 is 11.7 Å². The first kappa shape index (κ1) is 16.3. The fourth-order valence-corrected chi connectivity index (χ4v) is 1.69. The average Bonchev–Trinajstić information content (AvgIpc) is 2.35. The van der Waals surface area contributed by atoms with E-state index in [4.69, 9.17) is 15.2 Å². The Morgan fingerprint density at radius 1 is 1.30 bits per heavy atom. The highest BCUT2D eigenvalue weighted by atomic mass is 16.6. The topological polar surface area (TPSA) is 73.6 Å². The molecule has 1 aromatic rings. The molecule has 0 aliphatic heterocycles. The van der Waals surface area contributed by atoms with Crippen molar-refractivity contribution in [1.29, 1.82) is 0 Å². The van der Waals surface area contributed by atoms with E-state index in [1.54, 1.807) is 0 Å². The van der Waals surface area contributed by atoms with E-state index in [1.807, 2.05) is 52.0 Å². The van der Waals surface area contributed by atoms with Gasteiger partial charge in [-0.2, -0.15) is 0 Å². The molecule has 0 spiro atoms. The second-order valence-electron chi connectivity index (χ2n) is 5.44. The third kappa shape index (κ3) is 5.48. The summed E-state index contributed by atoms with van der Waals surface area (Å²) >= 11 is 0. The van der Waals surface area contributed by atoms with Gasteiger partial charge in [-0.05, 0) is 45.4 Å². The highest BCUT2D eigenvalue weighted by Crippen LogP contribution is 2.18. The molecule has 0 aliphatic carbocycles. The van der Waals surface area contributed by atoms with Gasteiger partial charge in [0.1, 0.15) is 11.4 Å². The monoisotopic (exact) mass is 280 g/mol. The van der Waals surface area contributed by atoms with Gasteiger partial charge in [0, 0.05) is 6.54 Å². The first-order valence-electron chi connectivity index (χ1n) is 6.78. The molecule has 0 radical (unpaired) electrons. The molecule has 0 heterocycles. The summed E-state index contributed by atoms with van der Waals surface area (Å²) in [5.74, 6) is 0.796. The lowest BCUT2D eigenvalue weighted by Gasteiger charge is -2.23. The molecule has 0 saturated heterocycles. The van der Waals surface area contributed by atoms with Crippen LogP contribution in [-0.4, -0.2) is 24.8 Å². The van der Waals surface area contributed by atoms with Crippen LogP contribution in [0.1, 0.15) is 39.3 Å². The van der Waals surface area contributed by atoms with Crippen LogP contribution in [0, 0.1) is 0 Å². The third-order valence-electron chi connectivity index (χ3n) is 2.52. The Balaban J connectivity index is 2.68. The number of nitrogens with one attached hydrogen (secondary N) is 1. The summed E-state index contributed by atoms with van der Waals surface area (Å²) in [5, 5.41) is 2.76. The molecule has 20 heavy (non-hydrogen) atoms. The Kier molecular flexibility index (Phi) is 5.82. The molecule has 0 saturated carbocycles. The standard InChI is InChI=1S/C15H24N2O3/c1-5-19-12-8-6-11(7-9-12)13(10-16)17-14(18)20-15(2,3)4/h6-9,13H,5,10,16H2,1-4H3,(H,17,18). The van der Waals surface area contributed by atoms with Crippen molar-refractivity contribution in [3.05, 3.63) is 29.8 Å². The van der Waals surface area contributed by atoms with E-state index in [2.05, 4.69) is 5.32 Å². The second-order valence-corrected chi connectivity index (χ2v) is 5.44. The van der Waals surface area contributed by atoms with Crippen molar-refractivity contribution in [2.45, 2.75) is 39.3 Å². The first-order valence-corrected chi connectivity index (χ1v) is 6.78. The summed E-state index contributed by atoms with van der Waals surface area (Å²) in [6.07, 6.45) is -0.471. The van der Waals surface area contributed by atoms with Gasteiger partial charge in [-0.25, -0.2) is 4.79 Å². The van der Waals surface area contributed by atoms with Gasteiger partial charge < -0.3 is 20.5 Å². The van der Waals surface area contributed by atoms with Crippen LogP contribution >= 0.6 is 0 Å². The second kappa shape index (κ2) is 7.14. The van der Waals surface area contributed by atoms with Crippen LogP contribution in [0.5, 0.6) is 5.75 Å². The molecule has 5 nitrogen and oxygen atoms in total. The van der Waals surface area contributed by atoms with Crippen molar-refractivity contribution < 1.29 is 14.3 Å². The summed E-state index contributed by atoms with van der Waals surface area (Å²) in [4.78, 5) is 11.8. The minimum Gasteiger partial charge on any atom is -0.494 e. The maximum Gasteiger partial charge on any atom is 0.408 e. The fourth-order valence-electron chi connectivity index (χ4n) is 1.69. The molecule has 0 fully saturated rings. The minimum atomic E-state index is -0.526. The molecular weight excluding hydrogens is 256 g/mol. The fraction of sp³-hybridized carbons (Fsp3) is 0.533. The Bertz CT molecular complexity index is 424. The number of rotatable bonds is 5. The zero-order valence-corrected chi connectivity index (χ0v) is 12.6. The summed E-state index contributed by atoms with van der Waals surface area (Å²) in [6.45, 7) is 8.31. The molecular formula is C15H24N2O3. The average molecular weight is 280 g/mol.